The van der Waals surface area contributed by atoms with Crippen molar-refractivity contribution in [3.8, 4) is 5.75 Å². The topological polar surface area (TPSA) is 114 Å². The molecule has 3 rings (SSSR count). The van der Waals surface area contributed by atoms with Crippen LogP contribution in [0.3, 0.4) is 0 Å². The molecule has 0 fully saturated rings. The Kier molecular flexibility index (Phi) is 6.15. The van der Waals surface area contributed by atoms with Gasteiger partial charge in [0.05, 0.1) is 23.4 Å². The van der Waals surface area contributed by atoms with Crippen LogP contribution in [-0.2, 0) is 20.0 Å². The van der Waals surface area contributed by atoms with Crippen LogP contribution in [0.25, 0.3) is 0 Å². The van der Waals surface area contributed by atoms with Gasteiger partial charge < -0.3 is 4.74 Å². The summed E-state index contributed by atoms with van der Waals surface area (Å²) >= 11 is 5.85. The molecule has 1 heterocycles. The van der Waals surface area contributed by atoms with E-state index in [0.717, 1.165) is 24.3 Å². The highest BCUT2D eigenvalue weighted by Crippen LogP contribution is 2.31. The third kappa shape index (κ3) is 4.81. The zero-order chi connectivity index (χ0) is 21.9. The normalized spacial score (nSPS) is 11.7. The molecule has 0 spiro atoms. The van der Waals surface area contributed by atoms with Crippen LogP contribution in [0.5, 0.6) is 5.75 Å². The van der Waals surface area contributed by atoms with Crippen molar-refractivity contribution in [3.63, 3.8) is 0 Å². The second kappa shape index (κ2) is 8.46. The average molecular weight is 472 g/mol. The zero-order valence-corrected chi connectivity index (χ0v) is 17.7. The Bertz CT molecular complexity index is 1280. The van der Waals surface area contributed by atoms with Gasteiger partial charge in [-0.2, -0.15) is 0 Å². The Morgan fingerprint density at radius 2 is 1.67 bits per heavy atom. The van der Waals surface area contributed by atoms with Crippen LogP contribution in [0.1, 0.15) is 0 Å². The number of nitrogens with one attached hydrogen (secondary N) is 2. The van der Waals surface area contributed by atoms with Gasteiger partial charge in [-0.05, 0) is 54.6 Å². The van der Waals surface area contributed by atoms with Crippen molar-refractivity contribution >= 4 is 43.0 Å². The first-order valence-electron chi connectivity index (χ1n) is 8.22. The van der Waals surface area contributed by atoms with E-state index in [9.17, 15) is 21.2 Å². The number of methoxy groups -OCH3 is 1. The van der Waals surface area contributed by atoms with E-state index in [-0.39, 0.29) is 32.1 Å². The molecule has 12 heteroatoms. The van der Waals surface area contributed by atoms with E-state index in [1.165, 1.54) is 43.6 Å². The van der Waals surface area contributed by atoms with Gasteiger partial charge in [-0.1, -0.05) is 11.6 Å². The first-order valence-corrected chi connectivity index (χ1v) is 11.6. The number of sulfonamides is 2. The van der Waals surface area contributed by atoms with E-state index in [2.05, 4.69) is 14.4 Å². The lowest BCUT2D eigenvalue weighted by molar-refractivity contribution is 0.417. The highest BCUT2D eigenvalue weighted by atomic mass is 35.5. The molecule has 0 saturated heterocycles. The van der Waals surface area contributed by atoms with Crippen molar-refractivity contribution in [2.45, 2.75) is 9.79 Å². The number of pyridine rings is 1. The molecule has 0 bridgehead atoms. The fraction of sp³-hybridized carbons (Fsp3) is 0.0556. The average Bonchev–Trinajstić information content (AvgIpc) is 2.68. The van der Waals surface area contributed by atoms with Crippen molar-refractivity contribution < 1.29 is 26.0 Å². The smallest absolute Gasteiger partial charge is 0.264 e. The molecule has 3 aromatic rings. The predicted octanol–water partition coefficient (Wildman–Crippen LogP) is 3.48. The van der Waals surface area contributed by atoms with E-state index in [1.54, 1.807) is 0 Å². The number of ether oxygens (including phenoxy) is 1. The summed E-state index contributed by atoms with van der Waals surface area (Å²) in [6.07, 6.45) is 1.34. The summed E-state index contributed by atoms with van der Waals surface area (Å²) in [5.41, 5.74) is 0.0202. The number of anilines is 2. The third-order valence-corrected chi connectivity index (χ3v) is 7.04. The van der Waals surface area contributed by atoms with Crippen LogP contribution in [0, 0.1) is 5.82 Å². The molecule has 0 unspecified atom stereocenters. The summed E-state index contributed by atoms with van der Waals surface area (Å²) in [6, 6.07) is 10.9. The van der Waals surface area contributed by atoms with Crippen LogP contribution in [-0.4, -0.2) is 28.9 Å². The number of hydrogen-bond acceptors (Lipinski definition) is 6. The summed E-state index contributed by atoms with van der Waals surface area (Å²) in [7, 11) is -6.85. The summed E-state index contributed by atoms with van der Waals surface area (Å²) in [5, 5.41) is -0.212. The van der Waals surface area contributed by atoms with Crippen LogP contribution in [0.2, 0.25) is 5.15 Å². The summed E-state index contributed by atoms with van der Waals surface area (Å²) in [4.78, 5) is 3.31. The molecule has 0 amide bonds. The van der Waals surface area contributed by atoms with Crippen molar-refractivity contribution in [1.29, 1.82) is 0 Å². The van der Waals surface area contributed by atoms with E-state index in [4.69, 9.17) is 16.3 Å². The fourth-order valence-electron chi connectivity index (χ4n) is 2.45. The number of hydrogen-bond donors (Lipinski definition) is 2. The van der Waals surface area contributed by atoms with Crippen molar-refractivity contribution in [3.05, 3.63) is 71.8 Å². The van der Waals surface area contributed by atoms with Crippen LogP contribution >= 0.6 is 11.6 Å². The second-order valence-electron chi connectivity index (χ2n) is 5.87. The number of nitrogens with zero attached hydrogens (tertiary/aromatic N) is 1. The Hall–Kier alpha value is -2.89. The third-order valence-electron chi connectivity index (χ3n) is 3.83. The summed E-state index contributed by atoms with van der Waals surface area (Å²) in [6.45, 7) is 0. The molecular formula is C18H15ClFN3O5S2. The van der Waals surface area contributed by atoms with E-state index in [1.807, 2.05) is 0 Å². The zero-order valence-electron chi connectivity index (χ0n) is 15.3. The first-order chi connectivity index (χ1) is 14.1. The summed E-state index contributed by atoms with van der Waals surface area (Å²) < 4.78 is 73.2. The van der Waals surface area contributed by atoms with Gasteiger partial charge in [-0.25, -0.2) is 26.2 Å². The minimum Gasteiger partial charge on any atom is -0.495 e. The minimum atomic E-state index is -4.09. The van der Waals surface area contributed by atoms with Gasteiger partial charge in [0.15, 0.2) is 0 Å². The van der Waals surface area contributed by atoms with Crippen molar-refractivity contribution in [2.24, 2.45) is 0 Å². The lowest BCUT2D eigenvalue weighted by Gasteiger charge is -2.15. The molecule has 0 aliphatic heterocycles. The molecule has 2 aromatic carbocycles. The highest BCUT2D eigenvalue weighted by Gasteiger charge is 2.21. The Morgan fingerprint density at radius 3 is 2.30 bits per heavy atom. The Labute approximate surface area is 177 Å². The SMILES string of the molecule is COc1ccc(NS(=O)(=O)c2cccnc2Cl)cc1NS(=O)(=O)c1ccc(F)cc1. The number of rotatable bonds is 7. The standard InChI is InChI=1S/C18H15ClFN3O5S2/c1-28-16-9-6-13(22-30(26,27)17-3-2-10-21-18(17)19)11-15(16)23-29(24,25)14-7-4-12(20)5-8-14/h2-11,22-23H,1H3. The maximum atomic E-state index is 13.1. The maximum absolute atomic E-state index is 13.1. The van der Waals surface area contributed by atoms with Crippen molar-refractivity contribution in [2.75, 3.05) is 16.6 Å². The van der Waals surface area contributed by atoms with Gasteiger partial charge in [0.25, 0.3) is 20.0 Å². The lowest BCUT2D eigenvalue weighted by Crippen LogP contribution is -2.16. The van der Waals surface area contributed by atoms with E-state index >= 15 is 0 Å². The molecule has 0 aliphatic rings. The van der Waals surface area contributed by atoms with E-state index in [0.29, 0.717) is 0 Å². The van der Waals surface area contributed by atoms with Crippen LogP contribution in [0.15, 0.2) is 70.6 Å². The van der Waals surface area contributed by atoms with Gasteiger partial charge >= 0.3 is 0 Å². The highest BCUT2D eigenvalue weighted by molar-refractivity contribution is 7.93. The molecule has 0 radical (unpaired) electrons. The molecule has 2 N–H and O–H groups in total. The molecule has 0 saturated carbocycles. The van der Waals surface area contributed by atoms with E-state index < -0.39 is 25.9 Å². The fourth-order valence-corrected chi connectivity index (χ4v) is 5.02. The number of aromatic nitrogens is 1. The Balaban J connectivity index is 1.94. The quantitative estimate of drug-likeness (QED) is 0.510. The number of halogens is 2. The largest absolute Gasteiger partial charge is 0.495 e. The first kappa shape index (κ1) is 21.8. The van der Waals surface area contributed by atoms with Gasteiger partial charge in [0, 0.05) is 6.20 Å². The summed E-state index contributed by atoms with van der Waals surface area (Å²) in [5.74, 6) is -0.444. The van der Waals surface area contributed by atoms with Gasteiger partial charge in [-0.3, -0.25) is 9.44 Å². The molecule has 30 heavy (non-hydrogen) atoms. The van der Waals surface area contributed by atoms with Gasteiger partial charge in [-0.15, -0.1) is 0 Å². The number of benzene rings is 2. The minimum absolute atomic E-state index is 0.0284. The monoisotopic (exact) mass is 471 g/mol. The predicted molar refractivity (Wildman–Crippen MR) is 110 cm³/mol. The van der Waals surface area contributed by atoms with Crippen molar-refractivity contribution in [1.82, 2.24) is 4.98 Å². The molecule has 0 aliphatic carbocycles. The molecule has 1 aromatic heterocycles. The van der Waals surface area contributed by atoms with Gasteiger partial charge in [0.2, 0.25) is 0 Å². The van der Waals surface area contributed by atoms with Crippen LogP contribution in [0.4, 0.5) is 15.8 Å². The molecule has 8 nitrogen and oxygen atoms in total. The lowest BCUT2D eigenvalue weighted by atomic mass is 10.2. The van der Waals surface area contributed by atoms with Crippen LogP contribution < -0.4 is 14.2 Å². The maximum Gasteiger partial charge on any atom is 0.264 e. The molecule has 0 atom stereocenters. The van der Waals surface area contributed by atoms with Gasteiger partial charge in [0.1, 0.15) is 21.6 Å². The second-order valence-corrected chi connectivity index (χ2v) is 9.56. The molecule has 158 valence electrons. The Morgan fingerprint density at radius 1 is 0.967 bits per heavy atom. The molecular weight excluding hydrogens is 457 g/mol.